The zero-order valence-electron chi connectivity index (χ0n) is 21.3. The molecule has 11 nitrogen and oxygen atoms in total. The number of fused-ring (bicyclic) bond motifs is 1. The van der Waals surface area contributed by atoms with Gasteiger partial charge in [0.1, 0.15) is 25.0 Å². The third-order valence-electron chi connectivity index (χ3n) is 6.77. The van der Waals surface area contributed by atoms with Gasteiger partial charge in [-0.05, 0) is 55.2 Å². The van der Waals surface area contributed by atoms with E-state index in [1.54, 1.807) is 0 Å². The van der Waals surface area contributed by atoms with Crippen LogP contribution in [0.25, 0.3) is 0 Å². The lowest BCUT2D eigenvalue weighted by Crippen LogP contribution is -2.51. The fourth-order valence-electron chi connectivity index (χ4n) is 4.82. The van der Waals surface area contributed by atoms with Crippen molar-refractivity contribution in [1.82, 2.24) is 4.90 Å². The summed E-state index contributed by atoms with van der Waals surface area (Å²) in [7, 11) is 0. The number of nitrogens with zero attached hydrogens (tertiary/aromatic N) is 4. The van der Waals surface area contributed by atoms with E-state index >= 15 is 0 Å². The highest BCUT2D eigenvalue weighted by molar-refractivity contribution is 6.04. The van der Waals surface area contributed by atoms with Crippen molar-refractivity contribution in [2.24, 2.45) is 21.0 Å². The summed E-state index contributed by atoms with van der Waals surface area (Å²) in [6.45, 7) is 1.35. The van der Waals surface area contributed by atoms with Gasteiger partial charge in [0.25, 0.3) is 0 Å². The highest BCUT2D eigenvalue weighted by Gasteiger charge is 2.42. The van der Waals surface area contributed by atoms with Crippen LogP contribution < -0.4 is 19.9 Å². The third-order valence-corrected chi connectivity index (χ3v) is 6.77. The molecule has 0 aliphatic carbocycles. The summed E-state index contributed by atoms with van der Waals surface area (Å²) < 4.78 is 58.3. The summed E-state index contributed by atoms with van der Waals surface area (Å²) in [4.78, 5) is 11.1. The SMILES string of the molecule is N/C(=N\O)N1CC[C@H](O)[C@H]1C1C=NC(c2ccc(OCCCc3ccc4c(c3)OCCO4)c(C(F)(F)F)c2)=NO1. The van der Waals surface area contributed by atoms with Gasteiger partial charge < -0.3 is 40.0 Å². The first-order chi connectivity index (χ1) is 19.2. The molecule has 2 aromatic rings. The smallest absolute Gasteiger partial charge is 0.419 e. The van der Waals surface area contributed by atoms with Gasteiger partial charge in [-0.3, -0.25) is 0 Å². The number of hydrogen-bond acceptors (Lipinski definition) is 9. The highest BCUT2D eigenvalue weighted by atomic mass is 19.4. The summed E-state index contributed by atoms with van der Waals surface area (Å²) in [5.74, 6) is 0.747. The molecule has 5 rings (SSSR count). The normalized spacial score (nSPS) is 22.6. The second-order valence-corrected chi connectivity index (χ2v) is 9.40. The zero-order valence-corrected chi connectivity index (χ0v) is 21.3. The molecule has 0 saturated carbocycles. The number of aryl methyl sites for hydroxylation is 1. The molecular formula is C26H28F3N5O6. The monoisotopic (exact) mass is 563 g/mol. The number of halogens is 3. The van der Waals surface area contributed by atoms with Crippen LogP contribution in [0.2, 0.25) is 0 Å². The summed E-state index contributed by atoms with van der Waals surface area (Å²) >= 11 is 0. The quantitative estimate of drug-likeness (QED) is 0.153. The molecule has 1 fully saturated rings. The first-order valence-electron chi connectivity index (χ1n) is 12.7. The number of aliphatic hydroxyl groups excluding tert-OH is 1. The minimum Gasteiger partial charge on any atom is -0.493 e. The topological polar surface area (TPSA) is 144 Å². The number of likely N-dealkylation sites (tertiary alicyclic amines) is 1. The van der Waals surface area contributed by atoms with E-state index < -0.39 is 30.0 Å². The van der Waals surface area contributed by atoms with Crippen molar-refractivity contribution >= 4 is 18.0 Å². The Kier molecular flexibility index (Phi) is 7.87. The second kappa shape index (κ2) is 11.5. The number of oxime groups is 2. The van der Waals surface area contributed by atoms with Gasteiger partial charge in [0.05, 0.1) is 24.5 Å². The predicted molar refractivity (Wildman–Crippen MR) is 137 cm³/mol. The Morgan fingerprint density at radius 3 is 2.67 bits per heavy atom. The molecule has 1 saturated heterocycles. The highest BCUT2D eigenvalue weighted by Crippen LogP contribution is 2.37. The van der Waals surface area contributed by atoms with Gasteiger partial charge in [0.15, 0.2) is 23.4 Å². The van der Waals surface area contributed by atoms with Gasteiger partial charge in [-0.15, -0.1) is 0 Å². The summed E-state index contributed by atoms with van der Waals surface area (Å²) in [6, 6.07) is 8.39. The maximum atomic E-state index is 13.9. The Hall–Kier alpha value is -4.20. The van der Waals surface area contributed by atoms with Crippen molar-refractivity contribution in [3.8, 4) is 17.2 Å². The Bertz CT molecular complexity index is 1320. The van der Waals surface area contributed by atoms with Crippen LogP contribution in [-0.4, -0.2) is 77.8 Å². The van der Waals surface area contributed by atoms with Crippen LogP contribution >= 0.6 is 0 Å². The number of aliphatic hydroxyl groups is 1. The van der Waals surface area contributed by atoms with E-state index in [9.17, 15) is 18.3 Å². The molecule has 3 atom stereocenters. The Balaban J connectivity index is 1.23. The fourth-order valence-corrected chi connectivity index (χ4v) is 4.82. The molecule has 3 heterocycles. The van der Waals surface area contributed by atoms with Gasteiger partial charge in [0, 0.05) is 12.1 Å². The van der Waals surface area contributed by atoms with Crippen molar-refractivity contribution in [2.45, 2.75) is 43.7 Å². The second-order valence-electron chi connectivity index (χ2n) is 9.40. The molecule has 0 aromatic heterocycles. The van der Waals surface area contributed by atoms with E-state index in [4.69, 9.17) is 30.0 Å². The van der Waals surface area contributed by atoms with Gasteiger partial charge in [-0.25, -0.2) is 4.99 Å². The number of rotatable bonds is 7. The van der Waals surface area contributed by atoms with Crippen molar-refractivity contribution in [1.29, 1.82) is 0 Å². The number of hydrogen-bond donors (Lipinski definition) is 3. The number of amidine groups is 1. The molecule has 0 radical (unpaired) electrons. The lowest BCUT2D eigenvalue weighted by molar-refractivity contribution is -0.139. The van der Waals surface area contributed by atoms with Gasteiger partial charge in [0.2, 0.25) is 5.96 Å². The largest absolute Gasteiger partial charge is 0.493 e. The number of benzene rings is 2. The molecule has 3 aliphatic heterocycles. The van der Waals surface area contributed by atoms with Gasteiger partial charge in [-0.2, -0.15) is 13.2 Å². The van der Waals surface area contributed by atoms with Crippen LogP contribution in [0.1, 0.15) is 29.5 Å². The molecule has 0 spiro atoms. The van der Waals surface area contributed by atoms with E-state index in [0.717, 1.165) is 11.6 Å². The van der Waals surface area contributed by atoms with E-state index in [0.29, 0.717) is 50.5 Å². The average Bonchev–Trinajstić information content (AvgIpc) is 3.35. The molecule has 40 heavy (non-hydrogen) atoms. The molecule has 2 aromatic carbocycles. The van der Waals surface area contributed by atoms with E-state index in [1.165, 1.54) is 23.2 Å². The lowest BCUT2D eigenvalue weighted by atomic mass is 10.1. The van der Waals surface area contributed by atoms with Crippen molar-refractivity contribution < 1.29 is 42.5 Å². The van der Waals surface area contributed by atoms with Gasteiger partial charge >= 0.3 is 6.18 Å². The van der Waals surface area contributed by atoms with E-state index in [1.807, 2.05) is 18.2 Å². The lowest BCUT2D eigenvalue weighted by Gasteiger charge is -2.30. The van der Waals surface area contributed by atoms with Gasteiger partial charge in [-0.1, -0.05) is 16.4 Å². The molecular weight excluding hydrogens is 535 g/mol. The molecule has 4 N–H and O–H groups in total. The minimum absolute atomic E-state index is 0.0707. The molecule has 1 unspecified atom stereocenters. The molecule has 214 valence electrons. The Morgan fingerprint density at radius 1 is 1.15 bits per heavy atom. The number of nitrogens with two attached hydrogens (primary N) is 1. The van der Waals surface area contributed by atoms with E-state index in [2.05, 4.69) is 15.3 Å². The van der Waals surface area contributed by atoms with E-state index in [-0.39, 0.29) is 29.7 Å². The van der Waals surface area contributed by atoms with Crippen LogP contribution in [0.15, 0.2) is 51.7 Å². The number of ether oxygens (including phenoxy) is 3. The van der Waals surface area contributed by atoms with Crippen LogP contribution in [0.3, 0.4) is 0 Å². The van der Waals surface area contributed by atoms with Crippen LogP contribution in [0, 0.1) is 0 Å². The van der Waals surface area contributed by atoms with Crippen LogP contribution in [0.5, 0.6) is 17.2 Å². The summed E-state index contributed by atoms with van der Waals surface area (Å²) in [5.41, 5.74) is 5.75. The zero-order chi connectivity index (χ0) is 28.3. The molecule has 14 heteroatoms. The third kappa shape index (κ3) is 5.86. The van der Waals surface area contributed by atoms with Crippen LogP contribution in [-0.2, 0) is 17.4 Å². The van der Waals surface area contributed by atoms with Crippen molar-refractivity contribution in [3.63, 3.8) is 0 Å². The first kappa shape index (κ1) is 27.4. The minimum atomic E-state index is -4.68. The van der Waals surface area contributed by atoms with Crippen molar-refractivity contribution in [3.05, 3.63) is 53.1 Å². The van der Waals surface area contributed by atoms with Crippen LogP contribution in [0.4, 0.5) is 13.2 Å². The summed E-state index contributed by atoms with van der Waals surface area (Å²) in [6.07, 6.45) is -3.66. The average molecular weight is 564 g/mol. The fraction of sp³-hybridized carbons (Fsp3) is 0.423. The Morgan fingerprint density at radius 2 is 1.95 bits per heavy atom. The first-order valence-corrected chi connectivity index (χ1v) is 12.7. The molecule has 0 amide bonds. The summed E-state index contributed by atoms with van der Waals surface area (Å²) in [5, 5.41) is 26.1. The number of guanidine groups is 1. The maximum Gasteiger partial charge on any atom is 0.419 e. The molecule has 0 bridgehead atoms. The predicted octanol–water partition coefficient (Wildman–Crippen LogP) is 2.76. The number of aliphatic imine (C=N–C) groups is 1. The Labute approximate surface area is 227 Å². The number of alkyl halides is 3. The van der Waals surface area contributed by atoms with Crippen molar-refractivity contribution in [2.75, 3.05) is 26.4 Å². The maximum absolute atomic E-state index is 13.9. The molecule has 3 aliphatic rings. The standard InChI is InChI=1S/C26H28F3N5O6/c27-26(28,29)17-13-16(24-31-14-22(40-33-24)23-18(35)7-8-34(23)25(30)32-36)4-6-19(17)37-9-1-2-15-3-5-20-21(12-15)39-11-10-38-20/h3-6,12-14,18,22-23,35-36H,1-2,7-11H2,(H2,30,32)/t18-,22?,23-/m0/s1.